The van der Waals surface area contributed by atoms with Crippen molar-refractivity contribution in [2.45, 2.75) is 19.3 Å². The summed E-state index contributed by atoms with van der Waals surface area (Å²) < 4.78 is 0. The Morgan fingerprint density at radius 1 is 1.30 bits per heavy atom. The summed E-state index contributed by atoms with van der Waals surface area (Å²) in [6, 6.07) is 1.12. The number of H-pyrrole nitrogens is 2. The summed E-state index contributed by atoms with van der Waals surface area (Å²) in [7, 11) is 0. The van der Waals surface area contributed by atoms with E-state index < -0.39 is 23.1 Å². The summed E-state index contributed by atoms with van der Waals surface area (Å²) in [4.78, 5) is 50.7. The van der Waals surface area contributed by atoms with Gasteiger partial charge in [0.25, 0.3) is 5.56 Å². The van der Waals surface area contributed by atoms with Gasteiger partial charge >= 0.3 is 11.7 Å². The molecule has 8 nitrogen and oxygen atoms in total. The smallest absolute Gasteiger partial charge is 0.325 e. The SMILES string of the molecule is O=C(O)CN(CC1CC1)C(=O)Cc1cc(=O)[nH]c(=O)[nH]1. The van der Waals surface area contributed by atoms with Gasteiger partial charge in [-0.15, -0.1) is 0 Å². The highest BCUT2D eigenvalue weighted by atomic mass is 16.4. The second kappa shape index (κ2) is 5.72. The van der Waals surface area contributed by atoms with Crippen LogP contribution in [0.3, 0.4) is 0 Å². The third kappa shape index (κ3) is 4.08. The molecule has 3 N–H and O–H groups in total. The van der Waals surface area contributed by atoms with Gasteiger partial charge in [-0.3, -0.25) is 19.4 Å². The summed E-state index contributed by atoms with van der Waals surface area (Å²) in [6.45, 7) is 0.0291. The lowest BCUT2D eigenvalue weighted by Gasteiger charge is -2.20. The lowest BCUT2D eigenvalue weighted by Crippen LogP contribution is -2.38. The number of nitrogens with one attached hydrogen (secondary N) is 2. The molecule has 1 saturated carbocycles. The maximum absolute atomic E-state index is 12.1. The predicted molar refractivity (Wildman–Crippen MR) is 68.3 cm³/mol. The quantitative estimate of drug-likeness (QED) is 0.612. The van der Waals surface area contributed by atoms with Crippen molar-refractivity contribution in [1.82, 2.24) is 14.9 Å². The van der Waals surface area contributed by atoms with Gasteiger partial charge in [-0.05, 0) is 18.8 Å². The van der Waals surface area contributed by atoms with Crippen LogP contribution in [0.5, 0.6) is 0 Å². The van der Waals surface area contributed by atoms with Crippen LogP contribution in [-0.4, -0.2) is 44.9 Å². The molecule has 0 saturated heterocycles. The molecule has 0 spiro atoms. The number of carboxylic acid groups (broad SMARTS) is 1. The minimum atomic E-state index is -1.08. The maximum Gasteiger partial charge on any atom is 0.325 e. The lowest BCUT2D eigenvalue weighted by molar-refractivity contribution is -0.144. The van der Waals surface area contributed by atoms with Crippen LogP contribution in [-0.2, 0) is 16.0 Å². The second-order valence-electron chi connectivity index (χ2n) is 4.90. The molecule has 1 amide bonds. The molecule has 0 aliphatic heterocycles. The molecule has 8 heteroatoms. The number of carboxylic acids is 1. The fraction of sp³-hybridized carbons (Fsp3) is 0.500. The average Bonchev–Trinajstić information content (AvgIpc) is 3.09. The topological polar surface area (TPSA) is 123 Å². The van der Waals surface area contributed by atoms with Crippen LogP contribution in [0, 0.1) is 5.92 Å². The van der Waals surface area contributed by atoms with E-state index in [1.807, 2.05) is 4.98 Å². The Labute approximate surface area is 113 Å². The van der Waals surface area contributed by atoms with Crippen molar-refractivity contribution in [1.29, 1.82) is 0 Å². The number of nitrogens with zero attached hydrogens (tertiary/aromatic N) is 1. The summed E-state index contributed by atoms with van der Waals surface area (Å²) in [5.74, 6) is -1.14. The van der Waals surface area contributed by atoms with Crippen molar-refractivity contribution >= 4 is 11.9 Å². The molecular formula is C12H15N3O5. The van der Waals surface area contributed by atoms with Gasteiger partial charge in [-0.2, -0.15) is 0 Å². The zero-order valence-corrected chi connectivity index (χ0v) is 10.7. The number of amides is 1. The van der Waals surface area contributed by atoms with E-state index >= 15 is 0 Å². The van der Waals surface area contributed by atoms with Gasteiger partial charge in [0.15, 0.2) is 0 Å². The van der Waals surface area contributed by atoms with Gasteiger partial charge in [-0.25, -0.2) is 4.79 Å². The fourth-order valence-corrected chi connectivity index (χ4v) is 1.92. The number of hydrogen-bond acceptors (Lipinski definition) is 4. The summed E-state index contributed by atoms with van der Waals surface area (Å²) in [6.07, 6.45) is 1.79. The van der Waals surface area contributed by atoms with Crippen LogP contribution in [0.1, 0.15) is 18.5 Å². The van der Waals surface area contributed by atoms with Crippen molar-refractivity contribution in [3.63, 3.8) is 0 Å². The molecule has 20 heavy (non-hydrogen) atoms. The van der Waals surface area contributed by atoms with E-state index in [0.29, 0.717) is 12.5 Å². The van der Waals surface area contributed by atoms with E-state index in [9.17, 15) is 19.2 Å². The number of carbonyl (C=O) groups is 2. The number of carbonyl (C=O) groups excluding carboxylic acids is 1. The van der Waals surface area contributed by atoms with E-state index in [0.717, 1.165) is 18.9 Å². The fourth-order valence-electron chi connectivity index (χ4n) is 1.92. The van der Waals surface area contributed by atoms with Gasteiger partial charge in [0.2, 0.25) is 5.91 Å². The van der Waals surface area contributed by atoms with Crippen LogP contribution in [0.15, 0.2) is 15.7 Å². The van der Waals surface area contributed by atoms with Gasteiger partial charge in [0, 0.05) is 18.3 Å². The van der Waals surface area contributed by atoms with Crippen LogP contribution in [0.25, 0.3) is 0 Å². The van der Waals surface area contributed by atoms with Gasteiger partial charge in [0.1, 0.15) is 6.54 Å². The molecule has 1 aliphatic rings. The minimum absolute atomic E-state index is 0.176. The largest absolute Gasteiger partial charge is 0.480 e. The van der Waals surface area contributed by atoms with Crippen LogP contribution < -0.4 is 11.2 Å². The first kappa shape index (κ1) is 14.0. The van der Waals surface area contributed by atoms with Crippen LogP contribution in [0.4, 0.5) is 0 Å². The Morgan fingerprint density at radius 3 is 2.55 bits per heavy atom. The second-order valence-corrected chi connectivity index (χ2v) is 4.90. The van der Waals surface area contributed by atoms with Crippen molar-refractivity contribution in [3.8, 4) is 0 Å². The standard InChI is InChI=1S/C12H15N3O5/c16-9-3-8(13-12(20)14-9)4-10(17)15(6-11(18)19)5-7-1-2-7/h3,7H,1-2,4-6H2,(H,18,19)(H2,13,14,16,20). The Bertz CT molecular complexity index is 600. The van der Waals surface area contributed by atoms with Crippen molar-refractivity contribution in [2.24, 2.45) is 5.92 Å². The highest BCUT2D eigenvalue weighted by Gasteiger charge is 2.28. The molecule has 0 unspecified atom stereocenters. The zero-order valence-electron chi connectivity index (χ0n) is 10.7. The molecule has 0 aromatic carbocycles. The molecule has 1 fully saturated rings. The molecule has 0 radical (unpaired) electrons. The minimum Gasteiger partial charge on any atom is -0.480 e. The van der Waals surface area contributed by atoms with Crippen LogP contribution in [0.2, 0.25) is 0 Å². The third-order valence-electron chi connectivity index (χ3n) is 3.01. The van der Waals surface area contributed by atoms with E-state index in [1.54, 1.807) is 0 Å². The van der Waals surface area contributed by atoms with E-state index in [-0.39, 0.29) is 18.7 Å². The maximum atomic E-state index is 12.1. The highest BCUT2D eigenvalue weighted by Crippen LogP contribution is 2.29. The number of aliphatic carboxylic acids is 1. The first-order chi connectivity index (χ1) is 9.44. The Balaban J connectivity index is 2.08. The summed E-state index contributed by atoms with van der Waals surface area (Å²) in [5.41, 5.74) is -1.11. The highest BCUT2D eigenvalue weighted by molar-refractivity contribution is 5.82. The number of rotatable bonds is 6. The summed E-state index contributed by atoms with van der Waals surface area (Å²) in [5, 5.41) is 8.81. The Morgan fingerprint density at radius 2 is 2.00 bits per heavy atom. The molecule has 0 bridgehead atoms. The lowest BCUT2D eigenvalue weighted by atomic mass is 10.2. The average molecular weight is 281 g/mol. The molecule has 1 aliphatic carbocycles. The molecule has 1 aromatic rings. The number of hydrogen-bond donors (Lipinski definition) is 3. The molecule has 1 heterocycles. The first-order valence-corrected chi connectivity index (χ1v) is 6.26. The van der Waals surface area contributed by atoms with Gasteiger partial charge < -0.3 is 15.0 Å². The van der Waals surface area contributed by atoms with Gasteiger partial charge in [-0.1, -0.05) is 0 Å². The molecule has 0 atom stereocenters. The predicted octanol–water partition coefficient (Wildman–Crippen LogP) is -1.07. The molecular weight excluding hydrogens is 266 g/mol. The number of aromatic amines is 2. The molecule has 108 valence electrons. The van der Waals surface area contributed by atoms with Gasteiger partial charge in [0.05, 0.1) is 6.42 Å². The monoisotopic (exact) mass is 281 g/mol. The molecule has 1 aromatic heterocycles. The van der Waals surface area contributed by atoms with Crippen molar-refractivity contribution < 1.29 is 14.7 Å². The van der Waals surface area contributed by atoms with Crippen molar-refractivity contribution in [2.75, 3.05) is 13.1 Å². The first-order valence-electron chi connectivity index (χ1n) is 6.26. The summed E-state index contributed by atoms with van der Waals surface area (Å²) >= 11 is 0. The normalized spacial score (nSPS) is 14.0. The number of aromatic nitrogens is 2. The Kier molecular flexibility index (Phi) is 4.02. The third-order valence-corrected chi connectivity index (χ3v) is 3.01. The van der Waals surface area contributed by atoms with E-state index in [4.69, 9.17) is 5.11 Å². The van der Waals surface area contributed by atoms with Crippen molar-refractivity contribution in [3.05, 3.63) is 32.6 Å². The van der Waals surface area contributed by atoms with E-state index in [1.165, 1.54) is 4.90 Å². The van der Waals surface area contributed by atoms with E-state index in [2.05, 4.69) is 4.98 Å². The Hall–Kier alpha value is -2.38. The molecule has 2 rings (SSSR count). The zero-order chi connectivity index (χ0) is 14.7. The van der Waals surface area contributed by atoms with Crippen LogP contribution >= 0.6 is 0 Å².